The monoisotopic (exact) mass is 443 g/mol. The van der Waals surface area contributed by atoms with Gasteiger partial charge in [0, 0.05) is 37.0 Å². The Morgan fingerprint density at radius 2 is 2.03 bits per heavy atom. The second-order valence-electron chi connectivity index (χ2n) is 8.25. The van der Waals surface area contributed by atoms with Gasteiger partial charge in [0.15, 0.2) is 5.96 Å². The molecule has 1 aliphatic heterocycles. The first-order chi connectivity index (χ1) is 15.0. The summed E-state index contributed by atoms with van der Waals surface area (Å²) in [5.74, 6) is 2.29. The van der Waals surface area contributed by atoms with Gasteiger partial charge in [0.2, 0.25) is 0 Å². The standard InChI is InChI=1S/C24H37N5OS/c1-6-25-24(26-14-13-22-28-17(2)18(3)31-22)27-16-20-8-7-15-29(4)23(20)19-9-11-21(30-5)12-10-19/h9-12,20,23H,6-8,13-16H2,1-5H3,(H2,25,26,27). The second-order valence-corrected chi connectivity index (χ2v) is 9.53. The molecule has 1 saturated heterocycles. The lowest BCUT2D eigenvalue weighted by molar-refractivity contribution is 0.125. The third-order valence-corrected chi connectivity index (χ3v) is 7.13. The maximum absolute atomic E-state index is 5.34. The fraction of sp³-hybridized carbons (Fsp3) is 0.583. The molecule has 6 nitrogen and oxygen atoms in total. The smallest absolute Gasteiger partial charge is 0.191 e. The molecule has 0 saturated carbocycles. The number of thiazole rings is 1. The Balaban J connectivity index is 1.63. The number of nitrogens with one attached hydrogen (secondary N) is 2. The summed E-state index contributed by atoms with van der Waals surface area (Å²) in [6.07, 6.45) is 3.34. The Morgan fingerprint density at radius 3 is 2.68 bits per heavy atom. The molecule has 1 aliphatic rings. The molecule has 2 N–H and O–H groups in total. The molecule has 2 aromatic rings. The van der Waals surface area contributed by atoms with Crippen molar-refractivity contribution in [2.45, 2.75) is 46.1 Å². The van der Waals surface area contributed by atoms with Crippen molar-refractivity contribution < 1.29 is 4.74 Å². The first-order valence-corrected chi connectivity index (χ1v) is 12.1. The average Bonchev–Trinajstić information content (AvgIpc) is 3.09. The van der Waals surface area contributed by atoms with Gasteiger partial charge in [-0.1, -0.05) is 12.1 Å². The Bertz CT molecular complexity index is 829. The summed E-state index contributed by atoms with van der Waals surface area (Å²) in [7, 11) is 3.94. The van der Waals surface area contributed by atoms with Crippen LogP contribution in [0.3, 0.4) is 0 Å². The van der Waals surface area contributed by atoms with Crippen LogP contribution in [0.4, 0.5) is 0 Å². The van der Waals surface area contributed by atoms with Crippen molar-refractivity contribution in [3.05, 3.63) is 45.4 Å². The highest BCUT2D eigenvalue weighted by atomic mass is 32.1. The number of ether oxygens (including phenoxy) is 1. The van der Waals surface area contributed by atoms with Gasteiger partial charge >= 0.3 is 0 Å². The molecule has 2 unspecified atom stereocenters. The van der Waals surface area contributed by atoms with Gasteiger partial charge in [0.1, 0.15) is 5.75 Å². The van der Waals surface area contributed by atoms with Gasteiger partial charge in [-0.05, 0) is 70.8 Å². The summed E-state index contributed by atoms with van der Waals surface area (Å²) in [5.41, 5.74) is 2.49. The maximum atomic E-state index is 5.34. The number of rotatable bonds is 8. The molecular formula is C24H37N5OS. The number of likely N-dealkylation sites (tertiary alicyclic amines) is 1. The van der Waals surface area contributed by atoms with Crippen molar-refractivity contribution in [3.8, 4) is 5.75 Å². The van der Waals surface area contributed by atoms with Crippen LogP contribution < -0.4 is 15.4 Å². The summed E-state index contributed by atoms with van der Waals surface area (Å²) in [4.78, 5) is 13.4. The number of hydrogen-bond donors (Lipinski definition) is 2. The highest BCUT2D eigenvalue weighted by molar-refractivity contribution is 7.11. The van der Waals surface area contributed by atoms with Crippen LogP contribution in [0.5, 0.6) is 5.75 Å². The highest BCUT2D eigenvalue weighted by Gasteiger charge is 2.30. The molecule has 170 valence electrons. The maximum Gasteiger partial charge on any atom is 0.191 e. The van der Waals surface area contributed by atoms with E-state index in [1.807, 2.05) is 0 Å². The van der Waals surface area contributed by atoms with Crippen LogP contribution in [0.1, 0.15) is 46.9 Å². The molecule has 1 aromatic heterocycles. The van der Waals surface area contributed by atoms with Crippen molar-refractivity contribution in [1.82, 2.24) is 20.5 Å². The number of methoxy groups -OCH3 is 1. The van der Waals surface area contributed by atoms with Crippen molar-refractivity contribution in [2.24, 2.45) is 10.9 Å². The summed E-state index contributed by atoms with van der Waals surface area (Å²) in [5, 5.41) is 8.08. The van der Waals surface area contributed by atoms with Crippen LogP contribution in [0.15, 0.2) is 29.3 Å². The van der Waals surface area contributed by atoms with Crippen molar-refractivity contribution in [3.63, 3.8) is 0 Å². The number of hydrogen-bond acceptors (Lipinski definition) is 5. The molecule has 0 spiro atoms. The Labute approximate surface area is 191 Å². The van der Waals surface area contributed by atoms with E-state index in [9.17, 15) is 0 Å². The molecule has 0 aliphatic carbocycles. The molecule has 2 heterocycles. The zero-order chi connectivity index (χ0) is 22.2. The molecule has 0 radical (unpaired) electrons. The van der Waals surface area contributed by atoms with Crippen LogP contribution in [0.2, 0.25) is 0 Å². The topological polar surface area (TPSA) is 61.8 Å². The molecule has 3 rings (SSSR count). The lowest BCUT2D eigenvalue weighted by atomic mass is 9.85. The van der Waals surface area contributed by atoms with Crippen molar-refractivity contribution in [2.75, 3.05) is 40.3 Å². The van der Waals surface area contributed by atoms with Crippen molar-refractivity contribution in [1.29, 1.82) is 0 Å². The number of aryl methyl sites for hydroxylation is 2. The third kappa shape index (κ3) is 6.43. The summed E-state index contributed by atoms with van der Waals surface area (Å²) >= 11 is 1.79. The molecule has 1 fully saturated rings. The van der Waals surface area contributed by atoms with E-state index in [0.717, 1.165) is 50.0 Å². The van der Waals surface area contributed by atoms with E-state index in [0.29, 0.717) is 12.0 Å². The predicted octanol–water partition coefficient (Wildman–Crippen LogP) is 3.95. The predicted molar refractivity (Wildman–Crippen MR) is 130 cm³/mol. The molecule has 1 aromatic carbocycles. The van der Waals surface area contributed by atoms with E-state index in [1.54, 1.807) is 18.4 Å². The fourth-order valence-corrected chi connectivity index (χ4v) is 5.20. The molecule has 0 bridgehead atoms. The van der Waals surface area contributed by atoms with Gasteiger partial charge in [-0.3, -0.25) is 9.89 Å². The van der Waals surface area contributed by atoms with Gasteiger partial charge in [0.05, 0.1) is 17.8 Å². The van der Waals surface area contributed by atoms with Gasteiger partial charge in [-0.25, -0.2) is 4.98 Å². The van der Waals surface area contributed by atoms with Gasteiger partial charge in [0.25, 0.3) is 0 Å². The van der Waals surface area contributed by atoms with Crippen LogP contribution in [-0.4, -0.2) is 56.2 Å². The molecule has 31 heavy (non-hydrogen) atoms. The fourth-order valence-electron chi connectivity index (χ4n) is 4.26. The SMILES string of the molecule is CCNC(=NCC1CCCN(C)C1c1ccc(OC)cc1)NCCc1nc(C)c(C)s1. The average molecular weight is 444 g/mol. The Hall–Kier alpha value is -2.12. The number of aromatic nitrogens is 1. The first-order valence-electron chi connectivity index (χ1n) is 11.3. The normalized spacial score (nSPS) is 20.0. The van der Waals surface area contributed by atoms with E-state index in [2.05, 4.69) is 72.6 Å². The minimum absolute atomic E-state index is 0.382. The summed E-state index contributed by atoms with van der Waals surface area (Å²) < 4.78 is 5.34. The van der Waals surface area contributed by atoms with Crippen LogP contribution >= 0.6 is 11.3 Å². The zero-order valence-corrected chi connectivity index (χ0v) is 20.4. The minimum atomic E-state index is 0.382. The first kappa shape index (κ1) is 23.5. The molecular weight excluding hydrogens is 406 g/mol. The zero-order valence-electron chi connectivity index (χ0n) is 19.6. The Morgan fingerprint density at radius 1 is 1.26 bits per heavy atom. The largest absolute Gasteiger partial charge is 0.497 e. The van der Waals surface area contributed by atoms with E-state index in [-0.39, 0.29) is 0 Å². The van der Waals surface area contributed by atoms with E-state index < -0.39 is 0 Å². The number of benzene rings is 1. The lowest BCUT2D eigenvalue weighted by Gasteiger charge is -2.39. The van der Waals surface area contributed by atoms with Crippen LogP contribution in [0, 0.1) is 19.8 Å². The van der Waals surface area contributed by atoms with Crippen molar-refractivity contribution >= 4 is 17.3 Å². The highest BCUT2D eigenvalue weighted by Crippen LogP contribution is 2.35. The van der Waals surface area contributed by atoms with E-state index >= 15 is 0 Å². The van der Waals surface area contributed by atoms with Gasteiger partial charge in [-0.2, -0.15) is 0 Å². The van der Waals surface area contributed by atoms with Crippen LogP contribution in [0.25, 0.3) is 0 Å². The molecule has 7 heteroatoms. The summed E-state index contributed by atoms with van der Waals surface area (Å²) in [6, 6.07) is 8.90. The van der Waals surface area contributed by atoms with E-state index in [4.69, 9.17) is 9.73 Å². The lowest BCUT2D eigenvalue weighted by Crippen LogP contribution is -2.40. The van der Waals surface area contributed by atoms with Gasteiger partial charge in [-0.15, -0.1) is 11.3 Å². The third-order valence-electron chi connectivity index (χ3n) is 6.00. The van der Waals surface area contributed by atoms with Crippen LogP contribution in [-0.2, 0) is 6.42 Å². The number of piperidine rings is 1. The number of aliphatic imine (C=N–C) groups is 1. The van der Waals surface area contributed by atoms with E-state index in [1.165, 1.54) is 28.3 Å². The quantitative estimate of drug-likeness (QED) is 0.478. The Kier molecular flexibility index (Phi) is 8.72. The van der Waals surface area contributed by atoms with Gasteiger partial charge < -0.3 is 15.4 Å². The number of nitrogens with zero attached hydrogens (tertiary/aromatic N) is 3. The molecule has 0 amide bonds. The summed E-state index contributed by atoms with van der Waals surface area (Å²) in [6.45, 7) is 9.95. The molecule has 2 atom stereocenters. The second kappa shape index (κ2) is 11.5. The number of guanidine groups is 1. The minimum Gasteiger partial charge on any atom is -0.497 e.